The second-order valence-corrected chi connectivity index (χ2v) is 12.0. The van der Waals surface area contributed by atoms with E-state index in [4.69, 9.17) is 9.47 Å². The smallest absolute Gasteiger partial charge is 0.312 e. The summed E-state index contributed by atoms with van der Waals surface area (Å²) in [5.74, 6) is -2.22. The second kappa shape index (κ2) is 12.3. The van der Waals surface area contributed by atoms with Crippen molar-refractivity contribution < 1.29 is 29.0 Å². The lowest BCUT2D eigenvalue weighted by molar-refractivity contribution is -0.162. The molecule has 0 aromatic heterocycles. The van der Waals surface area contributed by atoms with Crippen molar-refractivity contribution in [1.82, 2.24) is 9.80 Å². The van der Waals surface area contributed by atoms with Gasteiger partial charge in [0.25, 0.3) is 0 Å². The number of nitrogens with zero attached hydrogens (tertiary/aromatic N) is 2. The molecule has 0 saturated carbocycles. The van der Waals surface area contributed by atoms with Gasteiger partial charge in [0.1, 0.15) is 17.6 Å². The predicted octanol–water partition coefficient (Wildman–Crippen LogP) is 4.02. The van der Waals surface area contributed by atoms with Crippen LogP contribution in [0.1, 0.15) is 85.5 Å². The van der Waals surface area contributed by atoms with Gasteiger partial charge >= 0.3 is 5.97 Å². The molecule has 3 aliphatic rings. The molecule has 2 amide bonds. The number of aliphatic hydroxyl groups excluding tert-OH is 1. The van der Waals surface area contributed by atoms with Crippen LogP contribution in [0.15, 0.2) is 25.3 Å². The van der Waals surface area contributed by atoms with Gasteiger partial charge in [0.15, 0.2) is 0 Å². The fourth-order valence-electron chi connectivity index (χ4n) is 6.79. The third kappa shape index (κ3) is 5.44. The first-order valence-corrected chi connectivity index (χ1v) is 14.4. The minimum absolute atomic E-state index is 0.0862. The van der Waals surface area contributed by atoms with Crippen molar-refractivity contribution in [3.63, 3.8) is 0 Å². The van der Waals surface area contributed by atoms with Crippen LogP contribution in [-0.2, 0) is 23.9 Å². The minimum atomic E-state index is -1.06. The van der Waals surface area contributed by atoms with Crippen molar-refractivity contribution >= 4 is 17.8 Å². The number of hydrogen-bond acceptors (Lipinski definition) is 6. The van der Waals surface area contributed by atoms with Gasteiger partial charge in [-0.15, -0.1) is 13.2 Å². The number of carbonyl (C=O) groups excluding carboxylic acids is 3. The summed E-state index contributed by atoms with van der Waals surface area (Å²) in [5.41, 5.74) is -2.35. The summed E-state index contributed by atoms with van der Waals surface area (Å²) in [6, 6.07) is -0.813. The van der Waals surface area contributed by atoms with Crippen molar-refractivity contribution in [2.75, 3.05) is 26.3 Å². The topological polar surface area (TPSA) is 96.4 Å². The summed E-state index contributed by atoms with van der Waals surface area (Å²) in [4.78, 5) is 45.5. The van der Waals surface area contributed by atoms with Gasteiger partial charge in [-0.1, -0.05) is 19.1 Å². The number of amides is 2. The molecule has 5 atom stereocenters. The fraction of sp³-hybridized carbons (Fsp3) is 0.767. The van der Waals surface area contributed by atoms with Crippen molar-refractivity contribution in [2.45, 2.75) is 108 Å². The highest BCUT2D eigenvalue weighted by Gasteiger charge is 2.79. The van der Waals surface area contributed by atoms with Gasteiger partial charge in [0.05, 0.1) is 18.1 Å². The number of unbranched alkanes of at least 4 members (excludes halogenated alkanes) is 4. The summed E-state index contributed by atoms with van der Waals surface area (Å²) >= 11 is 0. The van der Waals surface area contributed by atoms with Gasteiger partial charge in [-0.2, -0.15) is 0 Å². The molecule has 0 aliphatic carbocycles. The van der Waals surface area contributed by atoms with Crippen LogP contribution in [0.5, 0.6) is 0 Å². The Morgan fingerprint density at radius 3 is 2.50 bits per heavy atom. The lowest BCUT2D eigenvalue weighted by atomic mass is 9.65. The number of rotatable bonds is 15. The summed E-state index contributed by atoms with van der Waals surface area (Å²) in [5, 5.41) is 9.23. The van der Waals surface area contributed by atoms with Gasteiger partial charge in [-0.3, -0.25) is 14.4 Å². The monoisotopic (exact) mass is 532 g/mol. The van der Waals surface area contributed by atoms with E-state index in [-0.39, 0.29) is 18.4 Å². The van der Waals surface area contributed by atoms with Crippen LogP contribution in [0.2, 0.25) is 0 Å². The highest BCUT2D eigenvalue weighted by atomic mass is 16.6. The number of carbonyl (C=O) groups is 3. The Morgan fingerprint density at radius 1 is 1.16 bits per heavy atom. The number of hydrogen-bond donors (Lipinski definition) is 1. The molecule has 0 aromatic rings. The maximum atomic E-state index is 14.3. The molecule has 214 valence electrons. The highest BCUT2D eigenvalue weighted by molar-refractivity contribution is 5.98. The highest BCUT2D eigenvalue weighted by Crippen LogP contribution is 2.64. The Hall–Kier alpha value is -2.19. The van der Waals surface area contributed by atoms with E-state index in [2.05, 4.69) is 13.2 Å². The number of ether oxygens (including phenoxy) is 2. The maximum Gasteiger partial charge on any atom is 0.312 e. The van der Waals surface area contributed by atoms with E-state index in [1.165, 1.54) is 0 Å². The minimum Gasteiger partial charge on any atom is -0.465 e. The number of esters is 1. The first-order chi connectivity index (χ1) is 18.0. The molecule has 1 N–H and O–H groups in total. The van der Waals surface area contributed by atoms with E-state index in [1.807, 2.05) is 33.8 Å². The zero-order valence-corrected chi connectivity index (χ0v) is 23.9. The molecule has 8 heteroatoms. The molecule has 2 unspecified atom stereocenters. The Balaban J connectivity index is 1.98. The van der Waals surface area contributed by atoms with Gasteiger partial charge in [-0.05, 0) is 78.6 Å². The Bertz CT molecular complexity index is 898. The quantitative estimate of drug-likeness (QED) is 0.194. The van der Waals surface area contributed by atoms with Crippen LogP contribution in [-0.4, -0.2) is 81.8 Å². The molecule has 38 heavy (non-hydrogen) atoms. The largest absolute Gasteiger partial charge is 0.465 e. The zero-order chi connectivity index (χ0) is 28.1. The molecule has 3 aliphatic heterocycles. The Labute approximate surface area is 228 Å². The van der Waals surface area contributed by atoms with E-state index in [9.17, 15) is 19.5 Å². The van der Waals surface area contributed by atoms with Crippen LogP contribution in [0.4, 0.5) is 0 Å². The summed E-state index contributed by atoms with van der Waals surface area (Å²) in [7, 11) is 0. The molecular formula is C30H48N2O6. The lowest BCUT2D eigenvalue weighted by Gasteiger charge is -2.42. The number of aliphatic hydroxyl groups is 1. The van der Waals surface area contributed by atoms with E-state index >= 15 is 0 Å². The molecular weight excluding hydrogens is 484 g/mol. The SMILES string of the molecule is C=CCCCCOC(=O)[C@@H]1[C@H]2C(=O)N(CCCCCO)C(C(=O)N(CC=C)C(C)(C)C)C23CC[C@@]1(CC)O3. The average molecular weight is 533 g/mol. The van der Waals surface area contributed by atoms with Crippen LogP contribution in [0.25, 0.3) is 0 Å². The van der Waals surface area contributed by atoms with Crippen molar-refractivity contribution in [3.8, 4) is 0 Å². The van der Waals surface area contributed by atoms with Crippen LogP contribution in [0.3, 0.4) is 0 Å². The molecule has 3 heterocycles. The van der Waals surface area contributed by atoms with Gasteiger partial charge < -0.3 is 24.4 Å². The van der Waals surface area contributed by atoms with E-state index in [1.54, 1.807) is 15.9 Å². The lowest BCUT2D eigenvalue weighted by Crippen LogP contribution is -2.60. The molecule has 0 radical (unpaired) electrons. The van der Waals surface area contributed by atoms with Gasteiger partial charge in [-0.25, -0.2) is 0 Å². The molecule has 2 bridgehead atoms. The van der Waals surface area contributed by atoms with Crippen LogP contribution >= 0.6 is 0 Å². The van der Waals surface area contributed by atoms with E-state index in [0.717, 1.165) is 25.7 Å². The summed E-state index contributed by atoms with van der Waals surface area (Å²) in [6.45, 7) is 16.6. The van der Waals surface area contributed by atoms with Crippen LogP contribution < -0.4 is 0 Å². The third-order valence-corrected chi connectivity index (χ3v) is 8.66. The average Bonchev–Trinajstić information content (AvgIpc) is 3.47. The van der Waals surface area contributed by atoms with Crippen LogP contribution in [0, 0.1) is 11.8 Å². The first kappa shape index (κ1) is 30.4. The molecule has 8 nitrogen and oxygen atoms in total. The summed E-state index contributed by atoms with van der Waals surface area (Å²) < 4.78 is 12.5. The predicted molar refractivity (Wildman–Crippen MR) is 146 cm³/mol. The molecule has 3 rings (SSSR count). The Kier molecular flexibility index (Phi) is 9.85. The number of allylic oxidation sites excluding steroid dienone is 1. The molecule has 0 aromatic carbocycles. The van der Waals surface area contributed by atoms with E-state index < -0.39 is 40.6 Å². The Morgan fingerprint density at radius 2 is 1.89 bits per heavy atom. The fourth-order valence-corrected chi connectivity index (χ4v) is 6.79. The zero-order valence-electron chi connectivity index (χ0n) is 23.9. The summed E-state index contributed by atoms with van der Waals surface area (Å²) in [6.07, 6.45) is 9.79. The normalized spacial score (nSPS) is 29.9. The van der Waals surface area contributed by atoms with Gasteiger partial charge in [0, 0.05) is 25.2 Å². The van der Waals surface area contributed by atoms with Crippen molar-refractivity contribution in [1.29, 1.82) is 0 Å². The number of likely N-dealkylation sites (tertiary alicyclic amines) is 1. The van der Waals surface area contributed by atoms with Gasteiger partial charge in [0.2, 0.25) is 11.8 Å². The third-order valence-electron chi connectivity index (χ3n) is 8.66. The van der Waals surface area contributed by atoms with Crippen molar-refractivity contribution in [3.05, 3.63) is 25.3 Å². The van der Waals surface area contributed by atoms with Crippen molar-refractivity contribution in [2.24, 2.45) is 11.8 Å². The molecule has 3 saturated heterocycles. The number of fused-ring (bicyclic) bond motifs is 1. The standard InChI is InChI=1S/C30H48N2O6/c1-7-10-11-15-21-37-27(36)23-22-25(34)31(19-13-12-14-20-33)24(26(35)32(18-8-2)28(4,5)6)30(22)17-16-29(23,9-3)38-30/h7-8,22-24,33H,1-2,9-21H2,3-6H3/t22-,23-,24?,29+,30?/m0/s1. The second-order valence-electron chi connectivity index (χ2n) is 12.0. The van der Waals surface area contributed by atoms with E-state index in [0.29, 0.717) is 51.8 Å². The molecule has 1 spiro atoms. The first-order valence-electron chi connectivity index (χ1n) is 14.4. The molecule has 3 fully saturated rings. The maximum absolute atomic E-state index is 14.3.